The van der Waals surface area contributed by atoms with Crippen LogP contribution in [-0.2, 0) is 49.9 Å². The van der Waals surface area contributed by atoms with Crippen LogP contribution < -0.4 is 32.7 Å². The Morgan fingerprint density at radius 2 is 0.732 bits per heavy atom. The molecule has 12 saturated carbocycles. The van der Waals surface area contributed by atoms with Gasteiger partial charge in [0.15, 0.2) is 0 Å². The summed E-state index contributed by atoms with van der Waals surface area (Å²) >= 11 is 25.0. The third kappa shape index (κ3) is 17.8. The fourth-order valence-corrected chi connectivity index (χ4v) is 15.9. The highest BCUT2D eigenvalue weighted by Gasteiger charge is 2.51. The van der Waals surface area contributed by atoms with E-state index in [4.69, 9.17) is 77.3 Å². The number of ether oxygens (including phenoxy) is 2. The number of aromatic nitrogens is 12. The molecule has 0 radical (unpaired) electrons. The number of nitrogens with zero attached hydrogens (tertiary/aromatic N) is 12. The number of hydrogen-bond donors (Lipinski definition) is 6. The predicted octanol–water partition coefficient (Wildman–Crippen LogP) is 15.1. The minimum Gasteiger partial charge on any atom is -0.444 e. The van der Waals surface area contributed by atoms with Crippen molar-refractivity contribution < 1.29 is 19.1 Å². The Bertz CT molecular complexity index is 3730. The average Bonchev–Trinajstić information content (AvgIpc) is 1.77. The maximum atomic E-state index is 12.4. The molecule has 2 amide bonds. The number of fused-ring (bicyclic) bond motifs is 9. The average molecular weight is 1410 g/mol. The van der Waals surface area contributed by atoms with E-state index >= 15 is 0 Å². The van der Waals surface area contributed by atoms with Crippen LogP contribution in [0.25, 0.3) is 33.8 Å². The summed E-state index contributed by atoms with van der Waals surface area (Å²) in [6, 6.07) is 0. The number of anilines is 2. The molecule has 0 atom stereocenters. The predicted molar refractivity (Wildman–Crippen MR) is 383 cm³/mol. The molecule has 0 aromatic carbocycles. The van der Waals surface area contributed by atoms with Gasteiger partial charge in [-0.15, -0.1) is 0 Å². The monoisotopic (exact) mass is 1410 g/mol. The van der Waals surface area contributed by atoms with Crippen molar-refractivity contribution in [3.8, 4) is 33.8 Å². The zero-order valence-corrected chi connectivity index (χ0v) is 60.5. The highest BCUT2D eigenvalue weighted by Crippen LogP contribution is 2.51. The van der Waals surface area contributed by atoms with Crippen LogP contribution in [0.3, 0.4) is 0 Å². The van der Waals surface area contributed by atoms with Crippen molar-refractivity contribution in [1.82, 2.24) is 69.9 Å². The second-order valence-corrected chi connectivity index (χ2v) is 33.4. The van der Waals surface area contributed by atoms with Crippen molar-refractivity contribution >= 4 is 70.5 Å². The highest BCUT2D eigenvalue weighted by atomic mass is 35.5. The van der Waals surface area contributed by atoms with Crippen molar-refractivity contribution in [2.75, 3.05) is 10.6 Å². The smallest absolute Gasteiger partial charge is 0.408 e. The number of carbonyl (C=O) groups excluding carboxylic acids is 2. The Morgan fingerprint density at radius 3 is 1.04 bits per heavy atom. The van der Waals surface area contributed by atoms with E-state index in [1.165, 1.54) is 56.1 Å². The number of nitrogens with two attached hydrogens (primary N) is 2. The van der Waals surface area contributed by atoms with Crippen LogP contribution in [0.4, 0.5) is 21.5 Å². The SMILES string of the molecule is C.CC(C)(C)OC(=O)NC12CCC(N)(CC1)CC2.Cn1ncc(-c2nc(Cl)ncc2Cl)c1CC1CC1.Cn1ncc(-c2nc(NC34CCC(N)(CC3)CC4)ncc2Cl)c1CC1CC1.Cn1ncc(-c2nc(NC34CCC(NC(=O)OC(C)(C)C)(CC3)CC4)ncc2Cl)c1CC1CC1. The molecule has 22 nitrogen and oxygen atoms in total. The Hall–Kier alpha value is -5.91. The van der Waals surface area contributed by atoms with Gasteiger partial charge in [0.25, 0.3) is 0 Å². The first-order chi connectivity index (χ1) is 45.4. The minimum absolute atomic E-state index is 0. The number of rotatable bonds is 15. The van der Waals surface area contributed by atoms with E-state index in [0.717, 1.165) is 186 Å². The highest BCUT2D eigenvalue weighted by molar-refractivity contribution is 6.34. The Morgan fingerprint density at radius 1 is 0.454 bits per heavy atom. The summed E-state index contributed by atoms with van der Waals surface area (Å²) in [5.41, 5.74) is 20.4. The maximum absolute atomic E-state index is 12.4. The summed E-state index contributed by atoms with van der Waals surface area (Å²) in [6.07, 6.45) is 38.8. The molecule has 12 aliphatic carbocycles. The van der Waals surface area contributed by atoms with E-state index in [-0.39, 0.29) is 58.1 Å². The summed E-state index contributed by atoms with van der Waals surface area (Å²) in [5, 5.41) is 28.6. The fourth-order valence-electron chi connectivity index (χ4n) is 15.1. The molecule has 0 spiro atoms. The molecule has 26 heteroatoms. The zero-order chi connectivity index (χ0) is 68.2. The number of amides is 2. The molecule has 97 heavy (non-hydrogen) atoms. The molecular formula is C71H102Cl4N18O4. The summed E-state index contributed by atoms with van der Waals surface area (Å²) in [6.45, 7) is 11.3. The molecule has 0 saturated heterocycles. The van der Waals surface area contributed by atoms with Crippen molar-refractivity contribution in [2.24, 2.45) is 50.4 Å². The molecule has 6 aromatic heterocycles. The third-order valence-electron chi connectivity index (χ3n) is 21.8. The first-order valence-electron chi connectivity index (χ1n) is 34.8. The van der Waals surface area contributed by atoms with Gasteiger partial charge in [-0.2, -0.15) is 15.3 Å². The van der Waals surface area contributed by atoms with Crippen molar-refractivity contribution in [3.63, 3.8) is 0 Å². The first-order valence-corrected chi connectivity index (χ1v) is 36.3. The summed E-state index contributed by atoms with van der Waals surface area (Å²) in [7, 11) is 5.92. The largest absolute Gasteiger partial charge is 0.444 e. The van der Waals surface area contributed by atoms with Crippen LogP contribution in [-0.4, -0.2) is 116 Å². The summed E-state index contributed by atoms with van der Waals surface area (Å²) in [4.78, 5) is 51.0. The van der Waals surface area contributed by atoms with Gasteiger partial charge in [0.1, 0.15) is 11.2 Å². The lowest BCUT2D eigenvalue weighted by Crippen LogP contribution is -2.61. The van der Waals surface area contributed by atoms with Crippen LogP contribution in [0, 0.1) is 17.8 Å². The van der Waals surface area contributed by atoms with Gasteiger partial charge in [0, 0.05) is 88.1 Å². The van der Waals surface area contributed by atoms with E-state index < -0.39 is 11.2 Å². The number of halogens is 4. The van der Waals surface area contributed by atoms with Gasteiger partial charge in [-0.3, -0.25) is 14.0 Å². The van der Waals surface area contributed by atoms with E-state index in [1.54, 1.807) is 18.6 Å². The molecule has 8 N–H and O–H groups in total. The lowest BCUT2D eigenvalue weighted by atomic mass is 9.61. The van der Waals surface area contributed by atoms with Crippen LogP contribution in [0.1, 0.15) is 220 Å². The Kier molecular flexibility index (Phi) is 21.1. The van der Waals surface area contributed by atoms with E-state index in [0.29, 0.717) is 32.7 Å². The molecular weight excluding hydrogens is 1310 g/mol. The summed E-state index contributed by atoms with van der Waals surface area (Å²) < 4.78 is 16.6. The molecule has 18 rings (SSSR count). The van der Waals surface area contributed by atoms with Crippen molar-refractivity contribution in [2.45, 2.75) is 267 Å². The number of nitrogens with one attached hydrogen (secondary N) is 4. The number of aryl methyl sites for hydroxylation is 3. The lowest BCUT2D eigenvalue weighted by molar-refractivity contribution is 0.0269. The molecule has 6 heterocycles. The molecule has 12 fully saturated rings. The van der Waals surface area contributed by atoms with Gasteiger partial charge in [0.05, 0.1) is 69.3 Å². The fraction of sp³-hybridized carbons (Fsp3) is 0.676. The van der Waals surface area contributed by atoms with E-state index in [9.17, 15) is 9.59 Å². The van der Waals surface area contributed by atoms with Gasteiger partial charge >= 0.3 is 12.2 Å². The quantitative estimate of drug-likeness (QED) is 0.0521. The second-order valence-electron chi connectivity index (χ2n) is 31.8. The molecule has 12 aliphatic rings. The third-order valence-corrected chi connectivity index (χ3v) is 22.8. The van der Waals surface area contributed by atoms with Crippen LogP contribution in [0.2, 0.25) is 20.4 Å². The number of alkyl carbamates (subject to hydrolysis) is 2. The van der Waals surface area contributed by atoms with E-state index in [2.05, 4.69) is 56.5 Å². The van der Waals surface area contributed by atoms with Crippen molar-refractivity contribution in [3.05, 3.63) is 74.6 Å². The van der Waals surface area contributed by atoms with Gasteiger partial charge in [0.2, 0.25) is 17.2 Å². The Balaban J connectivity index is 0.000000136. The molecule has 0 aliphatic heterocycles. The van der Waals surface area contributed by atoms with Crippen LogP contribution >= 0.6 is 46.4 Å². The summed E-state index contributed by atoms with van der Waals surface area (Å²) in [5.74, 6) is 3.56. The number of carbonyl (C=O) groups is 2. The second kappa shape index (κ2) is 28.3. The lowest BCUT2D eigenvalue weighted by Gasteiger charge is -2.53. The normalized spacial score (nSPS) is 26.8. The molecule has 6 bridgehead atoms. The van der Waals surface area contributed by atoms with Crippen molar-refractivity contribution in [1.29, 1.82) is 0 Å². The molecule has 0 unspecified atom stereocenters. The van der Waals surface area contributed by atoms with Crippen LogP contribution in [0.5, 0.6) is 0 Å². The number of hydrogen-bond acceptors (Lipinski definition) is 17. The first kappa shape index (κ1) is 72.3. The zero-order valence-electron chi connectivity index (χ0n) is 57.5. The molecule has 528 valence electrons. The minimum atomic E-state index is -0.494. The van der Waals surface area contributed by atoms with Gasteiger partial charge in [-0.05, 0) is 244 Å². The van der Waals surface area contributed by atoms with Gasteiger partial charge in [-0.25, -0.2) is 39.5 Å². The maximum Gasteiger partial charge on any atom is 0.408 e. The van der Waals surface area contributed by atoms with Gasteiger partial charge in [-0.1, -0.05) is 42.2 Å². The van der Waals surface area contributed by atoms with Crippen LogP contribution in [0.15, 0.2) is 37.2 Å². The standard InChI is InChI=1S/C25H35ClN6O2.C20H27ClN6.C13H24N2O2.C12H12Cl2N4.CH4/c1-23(2,3)34-22(33)31-25-10-7-24(8-11-25,9-12-25)30-21-27-15-18(26)20(29-21)17-14-28-32(4)19(17)13-16-5-6-16;1-27-16(10-13-2-3-13)14(11-24-27)17-15(21)12-23-18(25-17)26-20-7-4-19(22,5-8-20)6-9-20;1-11(2,3)17-10(16)15-13-7-4-12(14,5-8-13)6-9-13;1-18-10(4-7-2-3-7)8(5-16-18)11-9(13)6-15-12(14)17-11;/h14-16H,5-13H2,1-4H3,(H,31,33)(H,27,29,30);11-13H,2-10,22H2,1H3,(H,23,25,26);4-9,14H2,1-3H3,(H,15,16);5-7H,2-4H2,1H3;1H4. The Labute approximate surface area is 592 Å². The molecule has 6 aromatic rings. The van der Waals surface area contributed by atoms with Gasteiger partial charge < -0.3 is 42.2 Å². The topological polar surface area (TPSA) is 284 Å². The van der Waals surface area contributed by atoms with E-state index in [1.807, 2.05) is 89.1 Å².